The normalized spacial score (nSPS) is 12.0. The van der Waals surface area contributed by atoms with E-state index in [0.717, 1.165) is 11.1 Å². The molecular formula is C31H35N3O5S2. The van der Waals surface area contributed by atoms with E-state index in [2.05, 4.69) is 16.0 Å². The first-order chi connectivity index (χ1) is 20.0. The first-order valence-electron chi connectivity index (χ1n) is 13.2. The second-order valence-corrected chi connectivity index (χ2v) is 11.1. The van der Waals surface area contributed by atoms with Crippen molar-refractivity contribution in [3.63, 3.8) is 0 Å². The Balaban J connectivity index is 1.57. The van der Waals surface area contributed by atoms with Crippen molar-refractivity contribution in [1.29, 1.82) is 0 Å². The summed E-state index contributed by atoms with van der Waals surface area (Å²) in [5, 5.41) is 8.27. The summed E-state index contributed by atoms with van der Waals surface area (Å²) in [5.41, 5.74) is 2.70. The van der Waals surface area contributed by atoms with Gasteiger partial charge in [-0.2, -0.15) is 23.5 Å². The van der Waals surface area contributed by atoms with Gasteiger partial charge in [-0.3, -0.25) is 14.4 Å². The third kappa shape index (κ3) is 11.7. The molecule has 3 N–H and O–H groups in total. The summed E-state index contributed by atoms with van der Waals surface area (Å²) < 4.78 is 4.93. The van der Waals surface area contributed by atoms with Crippen LogP contribution < -0.4 is 16.0 Å². The lowest BCUT2D eigenvalue weighted by Gasteiger charge is -2.22. The van der Waals surface area contributed by atoms with Crippen LogP contribution in [-0.2, 0) is 30.6 Å². The Morgan fingerprint density at radius 3 is 1.76 bits per heavy atom. The SMILES string of the molecule is COC(=O)[C@@H](CSCc1ccccc1)NC(=O)[C@H](CSCc1ccccc1)NC(=O)CCNC(=O)c1ccccc1. The molecule has 3 amide bonds. The predicted octanol–water partition coefficient (Wildman–Crippen LogP) is 3.82. The number of ether oxygens (including phenoxy) is 1. The maximum Gasteiger partial charge on any atom is 0.329 e. The number of carbonyl (C=O) groups excluding carboxylic acids is 4. The molecule has 2 atom stereocenters. The standard InChI is InChI=1S/C31H35N3O5S2/c1-39-31(38)27(22-41-20-24-13-7-3-8-14-24)34-30(37)26(21-40-19-23-11-5-2-6-12-23)33-28(35)17-18-32-29(36)25-15-9-4-10-16-25/h2-16,26-27H,17-22H2,1H3,(H,32,36)(H,33,35)(H,34,37)/t26-,27+/m0/s1. The monoisotopic (exact) mass is 593 g/mol. The van der Waals surface area contributed by atoms with Crippen LogP contribution in [0, 0.1) is 0 Å². The average molecular weight is 594 g/mol. The minimum absolute atomic E-state index is 0.000929. The van der Waals surface area contributed by atoms with Crippen molar-refractivity contribution in [1.82, 2.24) is 16.0 Å². The number of nitrogens with one attached hydrogen (secondary N) is 3. The highest BCUT2D eigenvalue weighted by Gasteiger charge is 2.27. The minimum Gasteiger partial charge on any atom is -0.467 e. The van der Waals surface area contributed by atoms with Crippen molar-refractivity contribution >= 4 is 47.2 Å². The highest BCUT2D eigenvalue weighted by molar-refractivity contribution is 7.98. The number of methoxy groups -OCH3 is 1. The van der Waals surface area contributed by atoms with Crippen LogP contribution in [0.25, 0.3) is 0 Å². The number of hydrogen-bond donors (Lipinski definition) is 3. The van der Waals surface area contributed by atoms with Crippen molar-refractivity contribution in [3.05, 3.63) is 108 Å². The number of rotatable bonds is 16. The molecule has 0 aromatic heterocycles. The summed E-state index contributed by atoms with van der Waals surface area (Å²) >= 11 is 3.01. The number of thioether (sulfide) groups is 2. The van der Waals surface area contributed by atoms with Crippen molar-refractivity contribution in [2.75, 3.05) is 25.2 Å². The maximum atomic E-state index is 13.3. The molecule has 3 aromatic rings. The summed E-state index contributed by atoms with van der Waals surface area (Å²) in [6.07, 6.45) is -0.000929. The van der Waals surface area contributed by atoms with Crippen LogP contribution in [-0.4, -0.2) is 60.9 Å². The number of benzene rings is 3. The molecule has 0 radical (unpaired) electrons. The summed E-state index contributed by atoms with van der Waals surface area (Å²) in [6.45, 7) is 0.117. The fraction of sp³-hybridized carbons (Fsp3) is 0.290. The van der Waals surface area contributed by atoms with Crippen LogP contribution in [0.15, 0.2) is 91.0 Å². The molecule has 0 spiro atoms. The van der Waals surface area contributed by atoms with Crippen LogP contribution in [0.3, 0.4) is 0 Å². The lowest BCUT2D eigenvalue weighted by Crippen LogP contribution is -2.53. The van der Waals surface area contributed by atoms with E-state index in [1.54, 1.807) is 24.3 Å². The van der Waals surface area contributed by atoms with Gasteiger partial charge >= 0.3 is 5.97 Å². The Morgan fingerprint density at radius 1 is 0.707 bits per heavy atom. The van der Waals surface area contributed by atoms with Gasteiger partial charge in [0.15, 0.2) is 0 Å². The first-order valence-corrected chi connectivity index (χ1v) is 15.5. The molecule has 10 heteroatoms. The van der Waals surface area contributed by atoms with E-state index in [4.69, 9.17) is 4.74 Å². The quantitative estimate of drug-likeness (QED) is 0.217. The van der Waals surface area contributed by atoms with E-state index in [1.165, 1.54) is 30.6 Å². The fourth-order valence-electron chi connectivity index (χ4n) is 3.75. The van der Waals surface area contributed by atoms with Gasteiger partial charge in [0.1, 0.15) is 12.1 Å². The van der Waals surface area contributed by atoms with E-state index in [0.29, 0.717) is 28.6 Å². The zero-order chi connectivity index (χ0) is 29.3. The highest BCUT2D eigenvalue weighted by Crippen LogP contribution is 2.15. The predicted molar refractivity (Wildman–Crippen MR) is 164 cm³/mol. The Morgan fingerprint density at radius 2 is 1.22 bits per heavy atom. The van der Waals surface area contributed by atoms with E-state index in [1.807, 2.05) is 66.7 Å². The van der Waals surface area contributed by atoms with E-state index in [-0.39, 0.29) is 24.8 Å². The molecule has 0 aliphatic carbocycles. The molecule has 41 heavy (non-hydrogen) atoms. The minimum atomic E-state index is -0.882. The molecule has 0 saturated heterocycles. The second-order valence-electron chi connectivity index (χ2n) is 9.08. The van der Waals surface area contributed by atoms with Gasteiger partial charge in [-0.15, -0.1) is 0 Å². The van der Waals surface area contributed by atoms with Gasteiger partial charge in [-0.1, -0.05) is 78.9 Å². The van der Waals surface area contributed by atoms with Crippen LogP contribution >= 0.6 is 23.5 Å². The zero-order valence-corrected chi connectivity index (χ0v) is 24.5. The van der Waals surface area contributed by atoms with Crippen molar-refractivity contribution in [2.24, 2.45) is 0 Å². The van der Waals surface area contributed by atoms with Crippen LogP contribution in [0.2, 0.25) is 0 Å². The van der Waals surface area contributed by atoms with Gasteiger partial charge in [-0.05, 0) is 23.3 Å². The highest BCUT2D eigenvalue weighted by atomic mass is 32.2. The van der Waals surface area contributed by atoms with E-state index < -0.39 is 24.0 Å². The Labute approximate surface area is 249 Å². The third-order valence-electron chi connectivity index (χ3n) is 5.92. The number of hydrogen-bond acceptors (Lipinski definition) is 7. The molecule has 0 saturated carbocycles. The van der Waals surface area contributed by atoms with Crippen LogP contribution in [0.1, 0.15) is 27.9 Å². The lowest BCUT2D eigenvalue weighted by molar-refractivity contribution is -0.144. The molecule has 8 nitrogen and oxygen atoms in total. The topological polar surface area (TPSA) is 114 Å². The number of carbonyl (C=O) groups is 4. The van der Waals surface area contributed by atoms with E-state index >= 15 is 0 Å². The van der Waals surface area contributed by atoms with Crippen molar-refractivity contribution < 1.29 is 23.9 Å². The van der Waals surface area contributed by atoms with Crippen molar-refractivity contribution in [3.8, 4) is 0 Å². The summed E-state index contributed by atoms with van der Waals surface area (Å²) in [4.78, 5) is 50.8. The number of amides is 3. The molecule has 216 valence electrons. The van der Waals surface area contributed by atoms with Gasteiger partial charge in [0.2, 0.25) is 11.8 Å². The Hall–Kier alpha value is -3.76. The second kappa shape index (κ2) is 17.8. The Kier molecular flexibility index (Phi) is 13.8. The van der Waals surface area contributed by atoms with Gasteiger partial charge in [0, 0.05) is 41.5 Å². The fourth-order valence-corrected chi connectivity index (χ4v) is 5.77. The average Bonchev–Trinajstić information content (AvgIpc) is 3.01. The lowest BCUT2D eigenvalue weighted by atomic mass is 10.2. The van der Waals surface area contributed by atoms with Gasteiger partial charge in [0.25, 0.3) is 5.91 Å². The summed E-state index contributed by atoms with van der Waals surface area (Å²) in [7, 11) is 1.28. The molecule has 3 rings (SSSR count). The summed E-state index contributed by atoms with van der Waals surface area (Å²) in [5.74, 6) is 0.261. The van der Waals surface area contributed by atoms with Gasteiger partial charge in [-0.25, -0.2) is 4.79 Å². The third-order valence-corrected chi connectivity index (χ3v) is 8.13. The Bertz CT molecular complexity index is 1250. The molecule has 3 aromatic carbocycles. The van der Waals surface area contributed by atoms with Crippen LogP contribution in [0.4, 0.5) is 0 Å². The molecule has 0 bridgehead atoms. The molecule has 0 unspecified atom stereocenters. The maximum absolute atomic E-state index is 13.3. The smallest absolute Gasteiger partial charge is 0.329 e. The largest absolute Gasteiger partial charge is 0.467 e. The molecule has 0 heterocycles. The van der Waals surface area contributed by atoms with Crippen LogP contribution in [0.5, 0.6) is 0 Å². The first kappa shape index (κ1) is 31.8. The van der Waals surface area contributed by atoms with Gasteiger partial charge < -0.3 is 20.7 Å². The van der Waals surface area contributed by atoms with Gasteiger partial charge in [0.05, 0.1) is 7.11 Å². The molecule has 0 aliphatic heterocycles. The van der Waals surface area contributed by atoms with Crippen molar-refractivity contribution in [2.45, 2.75) is 30.0 Å². The summed E-state index contributed by atoms with van der Waals surface area (Å²) in [6, 6.07) is 26.6. The molecular weight excluding hydrogens is 558 g/mol. The molecule has 0 fully saturated rings. The number of esters is 1. The van der Waals surface area contributed by atoms with E-state index in [9.17, 15) is 19.2 Å². The zero-order valence-electron chi connectivity index (χ0n) is 22.9. The molecule has 0 aliphatic rings.